The van der Waals surface area contributed by atoms with Crippen molar-refractivity contribution in [1.29, 1.82) is 0 Å². The Morgan fingerprint density at radius 2 is 2.03 bits per heavy atom. The highest BCUT2D eigenvalue weighted by atomic mass is 35.5. The van der Waals surface area contributed by atoms with Crippen molar-refractivity contribution in [2.45, 2.75) is 12.5 Å². The molecule has 3 heterocycles. The summed E-state index contributed by atoms with van der Waals surface area (Å²) in [5, 5.41) is 9.81. The molecule has 2 aliphatic rings. The number of hydrogen-bond donors (Lipinski definition) is 1. The van der Waals surface area contributed by atoms with Crippen LogP contribution in [0.4, 0.5) is 4.39 Å². The Kier molecular flexibility index (Phi) is 5.50. The minimum atomic E-state index is -0.957. The van der Waals surface area contributed by atoms with Gasteiger partial charge in [0.25, 0.3) is 5.91 Å². The summed E-state index contributed by atoms with van der Waals surface area (Å²) in [4.78, 5) is 28.2. The van der Waals surface area contributed by atoms with Gasteiger partial charge in [0.2, 0.25) is 0 Å². The second kappa shape index (κ2) is 8.35. The minimum Gasteiger partial charge on any atom is -0.496 e. The first-order valence-electron chi connectivity index (χ1n) is 10.3. The van der Waals surface area contributed by atoms with E-state index >= 15 is 0 Å². The van der Waals surface area contributed by atoms with E-state index < -0.39 is 23.6 Å². The van der Waals surface area contributed by atoms with Gasteiger partial charge in [-0.25, -0.2) is 4.39 Å². The highest BCUT2D eigenvalue weighted by Gasteiger charge is 2.42. The van der Waals surface area contributed by atoms with Crippen molar-refractivity contribution in [3.8, 4) is 21.9 Å². The lowest BCUT2D eigenvalue weighted by Crippen LogP contribution is -2.29. The van der Waals surface area contributed by atoms with Crippen molar-refractivity contribution in [3.05, 3.63) is 69.3 Å². The SMILES string of the molecule is COc1ccccc1C1CN(C(=O)c2cc3c(s2)-c2ccc(Cl)c(F)c2OC3)CC1C(=O)O. The maximum atomic E-state index is 14.4. The number of hydrogen-bond acceptors (Lipinski definition) is 5. The standard InChI is InChI=1S/C24H19ClFNO5S/c1-31-18-5-3-2-4-13(18)15-9-27(10-16(15)24(29)30)23(28)19-8-12-11-32-21-14(22(12)33-19)6-7-17(25)20(21)26/h2-8,15-16H,9-11H2,1H3,(H,29,30). The van der Waals surface area contributed by atoms with E-state index in [1.54, 1.807) is 30.2 Å². The second-order valence-corrected chi connectivity index (χ2v) is 9.45. The first kappa shape index (κ1) is 21.7. The Labute approximate surface area is 198 Å². The molecule has 0 aliphatic carbocycles. The summed E-state index contributed by atoms with van der Waals surface area (Å²) >= 11 is 7.12. The molecule has 2 atom stereocenters. The molecule has 2 aliphatic heterocycles. The van der Waals surface area contributed by atoms with Crippen LogP contribution in [-0.2, 0) is 11.4 Å². The van der Waals surface area contributed by atoms with Gasteiger partial charge in [0.1, 0.15) is 12.4 Å². The van der Waals surface area contributed by atoms with E-state index in [1.165, 1.54) is 17.4 Å². The third-order valence-electron chi connectivity index (χ3n) is 6.15. The van der Waals surface area contributed by atoms with Crippen molar-refractivity contribution in [2.75, 3.05) is 20.2 Å². The maximum Gasteiger partial charge on any atom is 0.308 e. The Morgan fingerprint density at radius 1 is 1.24 bits per heavy atom. The molecule has 3 aromatic rings. The molecule has 0 bridgehead atoms. The zero-order chi connectivity index (χ0) is 23.3. The summed E-state index contributed by atoms with van der Waals surface area (Å²) in [6, 6.07) is 12.2. The molecule has 1 aromatic heterocycles. The molecule has 1 N–H and O–H groups in total. The van der Waals surface area contributed by atoms with Gasteiger partial charge in [-0.15, -0.1) is 11.3 Å². The molecule has 0 spiro atoms. The summed E-state index contributed by atoms with van der Waals surface area (Å²) in [5.74, 6) is -2.29. The zero-order valence-electron chi connectivity index (χ0n) is 17.5. The van der Waals surface area contributed by atoms with Gasteiger partial charge in [-0.1, -0.05) is 29.8 Å². The Hall–Kier alpha value is -3.10. The summed E-state index contributed by atoms with van der Waals surface area (Å²) in [6.07, 6.45) is 0. The van der Waals surface area contributed by atoms with Crippen LogP contribution in [0.3, 0.4) is 0 Å². The molecular weight excluding hydrogens is 469 g/mol. The largest absolute Gasteiger partial charge is 0.496 e. The Balaban J connectivity index is 1.46. The number of carbonyl (C=O) groups excluding carboxylic acids is 1. The molecule has 33 heavy (non-hydrogen) atoms. The number of likely N-dealkylation sites (tertiary alicyclic amines) is 1. The van der Waals surface area contributed by atoms with Crippen LogP contribution in [0.25, 0.3) is 10.4 Å². The molecule has 170 valence electrons. The molecule has 1 fully saturated rings. The smallest absolute Gasteiger partial charge is 0.308 e. The van der Waals surface area contributed by atoms with Gasteiger partial charge in [0, 0.05) is 35.0 Å². The van der Waals surface area contributed by atoms with Gasteiger partial charge in [0.05, 0.1) is 22.9 Å². The van der Waals surface area contributed by atoms with Crippen molar-refractivity contribution in [3.63, 3.8) is 0 Å². The molecular formula is C24H19ClFNO5S. The minimum absolute atomic E-state index is 0.0239. The van der Waals surface area contributed by atoms with Gasteiger partial charge in [-0.2, -0.15) is 0 Å². The van der Waals surface area contributed by atoms with Gasteiger partial charge in [-0.05, 0) is 29.8 Å². The average molecular weight is 488 g/mol. The number of nitrogens with zero attached hydrogens (tertiary/aromatic N) is 1. The number of halogens is 2. The number of carbonyl (C=O) groups is 2. The number of rotatable bonds is 4. The van der Waals surface area contributed by atoms with Gasteiger partial charge in [-0.3, -0.25) is 9.59 Å². The number of aliphatic carboxylic acids is 1. The molecule has 1 saturated heterocycles. The predicted octanol–water partition coefficient (Wildman–Crippen LogP) is 5.05. The number of para-hydroxylation sites is 1. The first-order chi connectivity index (χ1) is 15.9. The van der Waals surface area contributed by atoms with Crippen LogP contribution in [0, 0.1) is 11.7 Å². The van der Waals surface area contributed by atoms with Crippen molar-refractivity contribution in [2.24, 2.45) is 5.92 Å². The zero-order valence-corrected chi connectivity index (χ0v) is 19.1. The Bertz CT molecular complexity index is 1280. The molecule has 0 saturated carbocycles. The van der Waals surface area contributed by atoms with Gasteiger partial charge < -0.3 is 19.5 Å². The van der Waals surface area contributed by atoms with E-state index in [0.717, 1.165) is 16.0 Å². The predicted molar refractivity (Wildman–Crippen MR) is 122 cm³/mol. The highest BCUT2D eigenvalue weighted by molar-refractivity contribution is 7.17. The fourth-order valence-electron chi connectivity index (χ4n) is 4.53. The number of benzene rings is 2. The fourth-order valence-corrected chi connectivity index (χ4v) is 5.84. The summed E-state index contributed by atoms with van der Waals surface area (Å²) in [7, 11) is 1.54. The molecule has 1 amide bonds. The number of ether oxygens (including phenoxy) is 2. The number of carboxylic acids is 1. The average Bonchev–Trinajstić information content (AvgIpc) is 3.46. The number of methoxy groups -OCH3 is 1. The van der Waals surface area contributed by atoms with Crippen molar-refractivity contribution < 1.29 is 28.6 Å². The third-order valence-corrected chi connectivity index (χ3v) is 7.64. The summed E-state index contributed by atoms with van der Waals surface area (Å²) < 4.78 is 25.4. The molecule has 0 radical (unpaired) electrons. The lowest BCUT2D eigenvalue weighted by Gasteiger charge is -2.18. The third kappa shape index (κ3) is 3.63. The van der Waals surface area contributed by atoms with Crippen LogP contribution < -0.4 is 9.47 Å². The summed E-state index contributed by atoms with van der Waals surface area (Å²) in [6.45, 7) is 0.484. The first-order valence-corrected chi connectivity index (χ1v) is 11.5. The van der Waals surface area contributed by atoms with Crippen LogP contribution in [0.2, 0.25) is 5.02 Å². The van der Waals surface area contributed by atoms with Gasteiger partial charge in [0.15, 0.2) is 11.6 Å². The van der Waals surface area contributed by atoms with Crippen LogP contribution >= 0.6 is 22.9 Å². The van der Waals surface area contributed by atoms with E-state index in [1.807, 2.05) is 18.2 Å². The van der Waals surface area contributed by atoms with E-state index in [0.29, 0.717) is 16.2 Å². The number of fused-ring (bicyclic) bond motifs is 3. The Morgan fingerprint density at radius 3 is 2.79 bits per heavy atom. The molecule has 2 unspecified atom stereocenters. The molecule has 5 rings (SSSR count). The monoisotopic (exact) mass is 487 g/mol. The number of amides is 1. The van der Waals surface area contributed by atoms with Crippen LogP contribution in [0.15, 0.2) is 42.5 Å². The van der Waals surface area contributed by atoms with Crippen molar-refractivity contribution in [1.82, 2.24) is 4.90 Å². The van der Waals surface area contributed by atoms with E-state index in [2.05, 4.69) is 0 Å². The highest BCUT2D eigenvalue weighted by Crippen LogP contribution is 2.46. The quantitative estimate of drug-likeness (QED) is 0.557. The van der Waals surface area contributed by atoms with Crippen molar-refractivity contribution >= 4 is 34.8 Å². The topological polar surface area (TPSA) is 76.1 Å². The van der Waals surface area contributed by atoms with Crippen LogP contribution in [0.1, 0.15) is 26.7 Å². The number of carboxylic acid groups (broad SMARTS) is 1. The second-order valence-electron chi connectivity index (χ2n) is 8.00. The van der Waals surface area contributed by atoms with E-state index in [-0.39, 0.29) is 36.4 Å². The molecule has 9 heteroatoms. The summed E-state index contributed by atoms with van der Waals surface area (Å²) in [5.41, 5.74) is 2.11. The number of thiophene rings is 1. The van der Waals surface area contributed by atoms with E-state index in [4.69, 9.17) is 21.1 Å². The van der Waals surface area contributed by atoms with Crippen LogP contribution in [0.5, 0.6) is 11.5 Å². The fraction of sp³-hybridized carbons (Fsp3) is 0.250. The van der Waals surface area contributed by atoms with Gasteiger partial charge >= 0.3 is 5.97 Å². The maximum absolute atomic E-state index is 14.4. The van der Waals surface area contributed by atoms with Crippen LogP contribution in [-0.4, -0.2) is 42.1 Å². The molecule has 6 nitrogen and oxygen atoms in total. The lowest BCUT2D eigenvalue weighted by molar-refractivity contribution is -0.141. The molecule has 2 aromatic carbocycles. The van der Waals surface area contributed by atoms with E-state index in [9.17, 15) is 19.1 Å². The lowest BCUT2D eigenvalue weighted by atomic mass is 9.88. The normalized spacial score (nSPS) is 18.9.